The van der Waals surface area contributed by atoms with Gasteiger partial charge in [0.15, 0.2) is 4.34 Å². The molecule has 2 heterocycles. The van der Waals surface area contributed by atoms with Crippen molar-refractivity contribution in [1.82, 2.24) is 15.8 Å². The summed E-state index contributed by atoms with van der Waals surface area (Å²) in [6.07, 6.45) is 0. The summed E-state index contributed by atoms with van der Waals surface area (Å²) in [7, 11) is 0. The second-order valence-corrected chi connectivity index (χ2v) is 7.98. The minimum atomic E-state index is -0.769. The molecule has 2 N–H and O–H groups in total. The zero-order valence-electron chi connectivity index (χ0n) is 14.3. The fourth-order valence-electron chi connectivity index (χ4n) is 2.49. The Morgan fingerprint density at radius 1 is 1.07 bits per heavy atom. The average Bonchev–Trinajstić information content (AvgIpc) is 3.13. The first-order valence-corrected chi connectivity index (χ1v) is 10.0. The van der Waals surface area contributed by atoms with Crippen molar-refractivity contribution in [2.75, 3.05) is 5.75 Å². The average molecular weight is 411 g/mol. The van der Waals surface area contributed by atoms with Crippen LogP contribution in [0.5, 0.6) is 0 Å². The Bertz CT molecular complexity index is 1220. The third-order valence-corrected chi connectivity index (χ3v) is 5.98. The van der Waals surface area contributed by atoms with Gasteiger partial charge in [0.1, 0.15) is 11.1 Å². The van der Waals surface area contributed by atoms with Crippen LogP contribution < -0.4 is 16.5 Å². The van der Waals surface area contributed by atoms with Crippen LogP contribution in [0.4, 0.5) is 0 Å². The molecular weight excluding hydrogens is 398 g/mol. The molecular formula is C19H13N3O4S2. The molecule has 0 radical (unpaired) electrons. The number of aromatic nitrogens is 1. The summed E-state index contributed by atoms with van der Waals surface area (Å²) in [5.41, 5.74) is 4.85. The van der Waals surface area contributed by atoms with Gasteiger partial charge in [0.25, 0.3) is 5.91 Å². The lowest BCUT2D eigenvalue weighted by Gasteiger charge is -2.06. The fourth-order valence-corrected chi connectivity index (χ4v) is 4.36. The molecule has 140 valence electrons. The molecule has 0 aliphatic carbocycles. The molecule has 4 rings (SSSR count). The SMILES string of the molecule is O=C(CSc1nc2ccccc2s1)NNC(=O)c1cc2ccccc2oc1=O. The third-order valence-electron chi connectivity index (χ3n) is 3.80. The number of thioether (sulfide) groups is 1. The highest BCUT2D eigenvalue weighted by molar-refractivity contribution is 8.01. The van der Waals surface area contributed by atoms with E-state index in [1.54, 1.807) is 24.3 Å². The lowest BCUT2D eigenvalue weighted by Crippen LogP contribution is -2.43. The van der Waals surface area contributed by atoms with Crippen molar-refractivity contribution in [3.63, 3.8) is 0 Å². The number of nitrogens with one attached hydrogen (secondary N) is 2. The maximum atomic E-state index is 12.2. The molecule has 2 aromatic heterocycles. The van der Waals surface area contributed by atoms with Crippen molar-refractivity contribution >= 4 is 56.1 Å². The summed E-state index contributed by atoms with van der Waals surface area (Å²) in [6.45, 7) is 0. The van der Waals surface area contributed by atoms with Crippen molar-refractivity contribution in [2.45, 2.75) is 4.34 Å². The number of nitrogens with zero attached hydrogens (tertiary/aromatic N) is 1. The number of fused-ring (bicyclic) bond motifs is 2. The van der Waals surface area contributed by atoms with Crippen LogP contribution in [-0.2, 0) is 4.79 Å². The van der Waals surface area contributed by atoms with Crippen LogP contribution in [-0.4, -0.2) is 22.6 Å². The van der Waals surface area contributed by atoms with Crippen molar-refractivity contribution < 1.29 is 14.0 Å². The normalized spacial score (nSPS) is 10.9. The highest BCUT2D eigenvalue weighted by atomic mass is 32.2. The minimum absolute atomic E-state index is 0.0758. The number of amides is 2. The summed E-state index contributed by atoms with van der Waals surface area (Å²) in [6, 6.07) is 16.0. The van der Waals surface area contributed by atoms with Gasteiger partial charge < -0.3 is 4.42 Å². The zero-order valence-corrected chi connectivity index (χ0v) is 15.9. The van der Waals surface area contributed by atoms with E-state index in [0.717, 1.165) is 14.6 Å². The van der Waals surface area contributed by atoms with E-state index in [4.69, 9.17) is 4.42 Å². The van der Waals surface area contributed by atoms with E-state index in [2.05, 4.69) is 15.8 Å². The molecule has 7 nitrogen and oxygen atoms in total. The Morgan fingerprint density at radius 3 is 2.71 bits per heavy atom. The van der Waals surface area contributed by atoms with Gasteiger partial charge in [-0.3, -0.25) is 20.4 Å². The smallest absolute Gasteiger partial charge is 0.349 e. The highest BCUT2D eigenvalue weighted by Crippen LogP contribution is 2.28. The van der Waals surface area contributed by atoms with E-state index >= 15 is 0 Å². The van der Waals surface area contributed by atoms with E-state index in [-0.39, 0.29) is 11.3 Å². The first-order valence-electron chi connectivity index (χ1n) is 8.20. The molecule has 0 saturated heterocycles. The van der Waals surface area contributed by atoms with Gasteiger partial charge >= 0.3 is 5.63 Å². The van der Waals surface area contributed by atoms with Crippen molar-refractivity contribution in [3.8, 4) is 0 Å². The predicted molar refractivity (Wildman–Crippen MR) is 108 cm³/mol. The summed E-state index contributed by atoms with van der Waals surface area (Å²) >= 11 is 2.76. The lowest BCUT2D eigenvalue weighted by atomic mass is 10.2. The van der Waals surface area contributed by atoms with Crippen LogP contribution in [0.15, 0.2) is 68.1 Å². The number of hydrazine groups is 1. The Balaban J connectivity index is 1.36. The molecule has 0 aliphatic rings. The second-order valence-electron chi connectivity index (χ2n) is 5.72. The number of rotatable bonds is 4. The van der Waals surface area contributed by atoms with E-state index in [1.165, 1.54) is 29.2 Å². The van der Waals surface area contributed by atoms with Gasteiger partial charge in [-0.2, -0.15) is 0 Å². The van der Waals surface area contributed by atoms with Gasteiger partial charge in [-0.1, -0.05) is 42.1 Å². The van der Waals surface area contributed by atoms with E-state index < -0.39 is 17.4 Å². The fraction of sp³-hybridized carbons (Fsp3) is 0.0526. The largest absolute Gasteiger partial charge is 0.422 e. The molecule has 2 aromatic carbocycles. The van der Waals surface area contributed by atoms with Gasteiger partial charge in [0.05, 0.1) is 16.0 Å². The lowest BCUT2D eigenvalue weighted by molar-refractivity contribution is -0.119. The van der Waals surface area contributed by atoms with Crippen LogP contribution in [0, 0.1) is 0 Å². The minimum Gasteiger partial charge on any atom is -0.422 e. The monoisotopic (exact) mass is 411 g/mol. The number of hydrogen-bond donors (Lipinski definition) is 2. The summed E-state index contributed by atoms with van der Waals surface area (Å²) in [5.74, 6) is -1.08. The van der Waals surface area contributed by atoms with Crippen LogP contribution in [0.25, 0.3) is 21.2 Å². The predicted octanol–water partition coefficient (Wildman–Crippen LogP) is 2.96. The van der Waals surface area contributed by atoms with Gasteiger partial charge in [-0.05, 0) is 24.3 Å². The van der Waals surface area contributed by atoms with E-state index in [9.17, 15) is 14.4 Å². The maximum absolute atomic E-state index is 12.2. The van der Waals surface area contributed by atoms with E-state index in [0.29, 0.717) is 11.0 Å². The van der Waals surface area contributed by atoms with Crippen LogP contribution in [0.1, 0.15) is 10.4 Å². The van der Waals surface area contributed by atoms with Gasteiger partial charge in [-0.25, -0.2) is 9.78 Å². The van der Waals surface area contributed by atoms with Crippen molar-refractivity contribution in [2.24, 2.45) is 0 Å². The van der Waals surface area contributed by atoms with Gasteiger partial charge in [0, 0.05) is 5.39 Å². The maximum Gasteiger partial charge on any atom is 0.349 e. The molecule has 0 atom stereocenters. The number of thiazole rings is 1. The molecule has 28 heavy (non-hydrogen) atoms. The molecule has 4 aromatic rings. The summed E-state index contributed by atoms with van der Waals surface area (Å²) in [5, 5.41) is 0.616. The molecule has 2 amide bonds. The Labute approximate surface area is 166 Å². The summed E-state index contributed by atoms with van der Waals surface area (Å²) < 4.78 is 6.92. The molecule has 0 bridgehead atoms. The molecule has 0 aliphatic heterocycles. The molecule has 0 saturated carbocycles. The third kappa shape index (κ3) is 3.90. The zero-order chi connectivity index (χ0) is 19.5. The van der Waals surface area contributed by atoms with Crippen LogP contribution in [0.3, 0.4) is 0 Å². The quantitative estimate of drug-likeness (QED) is 0.304. The molecule has 0 spiro atoms. The number of hydrogen-bond acceptors (Lipinski definition) is 7. The Morgan fingerprint density at radius 2 is 1.86 bits per heavy atom. The van der Waals surface area contributed by atoms with Gasteiger partial charge in [-0.15, -0.1) is 11.3 Å². The molecule has 0 fully saturated rings. The first kappa shape index (κ1) is 18.2. The standard InChI is InChI=1S/C19H13N3O4S2/c23-16(10-27-19-20-13-6-2-4-8-15(13)28-19)21-22-17(24)12-9-11-5-1-3-7-14(11)26-18(12)25/h1-9H,10H2,(H,21,23)(H,22,24). The second kappa shape index (κ2) is 7.83. The number of para-hydroxylation sites is 2. The number of benzene rings is 2. The van der Waals surface area contributed by atoms with Crippen molar-refractivity contribution in [1.29, 1.82) is 0 Å². The van der Waals surface area contributed by atoms with Crippen molar-refractivity contribution in [3.05, 3.63) is 70.6 Å². The van der Waals surface area contributed by atoms with Crippen LogP contribution >= 0.6 is 23.1 Å². The topological polar surface area (TPSA) is 101 Å². The van der Waals surface area contributed by atoms with E-state index in [1.807, 2.05) is 24.3 Å². The first-order chi connectivity index (χ1) is 13.6. The number of carbonyl (C=O) groups is 2. The Kier molecular flexibility index (Phi) is 5.09. The van der Waals surface area contributed by atoms with Crippen LogP contribution in [0.2, 0.25) is 0 Å². The van der Waals surface area contributed by atoms with Gasteiger partial charge in [0.2, 0.25) is 5.91 Å². The summed E-state index contributed by atoms with van der Waals surface area (Å²) in [4.78, 5) is 40.6. The molecule has 0 unspecified atom stereocenters. The highest BCUT2D eigenvalue weighted by Gasteiger charge is 2.15. The Hall–Kier alpha value is -3.17. The number of carbonyl (C=O) groups excluding carboxylic acids is 2. The molecule has 9 heteroatoms.